The van der Waals surface area contributed by atoms with E-state index in [0.29, 0.717) is 0 Å². The highest BCUT2D eigenvalue weighted by molar-refractivity contribution is 4.70. The molecule has 0 aliphatic carbocycles. The molecule has 4 nitrogen and oxygen atoms in total. The Morgan fingerprint density at radius 3 is 2.69 bits per heavy atom. The zero-order valence-electron chi connectivity index (χ0n) is 10.8. The van der Waals surface area contributed by atoms with Crippen LogP contribution in [0.15, 0.2) is 0 Å². The van der Waals surface area contributed by atoms with Crippen LogP contribution >= 0.6 is 0 Å². The minimum absolute atomic E-state index is 0.832. The first-order chi connectivity index (χ1) is 7.79. The van der Waals surface area contributed by atoms with Gasteiger partial charge in [0.05, 0.1) is 13.2 Å². The molecule has 1 heterocycles. The maximum absolute atomic E-state index is 5.52. The zero-order valence-corrected chi connectivity index (χ0v) is 10.8. The van der Waals surface area contributed by atoms with E-state index in [9.17, 15) is 0 Å². The molecule has 1 aliphatic rings. The molecule has 1 aliphatic heterocycles. The van der Waals surface area contributed by atoms with E-state index >= 15 is 0 Å². The average molecular weight is 229 g/mol. The second kappa shape index (κ2) is 8.93. The molecule has 0 saturated carbocycles. The van der Waals surface area contributed by atoms with E-state index in [0.717, 1.165) is 38.8 Å². The molecule has 0 amide bonds. The van der Waals surface area contributed by atoms with Gasteiger partial charge in [-0.25, -0.2) is 0 Å². The largest absolute Gasteiger partial charge is 0.379 e. The lowest BCUT2D eigenvalue weighted by Crippen LogP contribution is -2.34. The number of likely N-dealkylation sites (N-methyl/N-ethyl adjacent to an activating group) is 1. The Labute approximate surface area is 99.7 Å². The van der Waals surface area contributed by atoms with E-state index in [1.54, 1.807) is 0 Å². The molecular weight excluding hydrogens is 202 g/mol. The first-order valence-electron chi connectivity index (χ1n) is 6.43. The van der Waals surface area contributed by atoms with Crippen LogP contribution in [0.4, 0.5) is 0 Å². The van der Waals surface area contributed by atoms with Crippen LogP contribution in [0.25, 0.3) is 0 Å². The van der Waals surface area contributed by atoms with Crippen LogP contribution in [0, 0.1) is 5.92 Å². The number of rotatable bonds is 8. The van der Waals surface area contributed by atoms with E-state index < -0.39 is 0 Å². The monoisotopic (exact) mass is 229 g/mol. The molecule has 0 atom stereocenters. The van der Waals surface area contributed by atoms with E-state index in [1.165, 1.54) is 25.9 Å². The second-order valence-corrected chi connectivity index (χ2v) is 4.81. The van der Waals surface area contributed by atoms with Crippen molar-refractivity contribution in [1.29, 1.82) is 0 Å². The summed E-state index contributed by atoms with van der Waals surface area (Å²) >= 11 is 0. The van der Waals surface area contributed by atoms with Gasteiger partial charge in [0, 0.05) is 13.1 Å². The van der Waals surface area contributed by atoms with E-state index in [4.69, 9.17) is 4.74 Å². The number of piperidine rings is 1. The molecule has 1 saturated heterocycles. The van der Waals surface area contributed by atoms with Crippen LogP contribution in [0.2, 0.25) is 0 Å². The third-order valence-electron chi connectivity index (χ3n) is 3.00. The fourth-order valence-corrected chi connectivity index (χ4v) is 1.89. The summed E-state index contributed by atoms with van der Waals surface area (Å²) in [5, 5.41) is 6.86. The topological polar surface area (TPSA) is 36.5 Å². The van der Waals surface area contributed by atoms with Crippen molar-refractivity contribution >= 4 is 0 Å². The zero-order chi connectivity index (χ0) is 11.6. The van der Waals surface area contributed by atoms with Crippen LogP contribution < -0.4 is 10.6 Å². The molecular formula is C12H27N3O. The van der Waals surface area contributed by atoms with Gasteiger partial charge in [0.25, 0.3) is 0 Å². The number of nitrogens with one attached hydrogen (secondary N) is 2. The van der Waals surface area contributed by atoms with Gasteiger partial charge in [0.15, 0.2) is 0 Å². The van der Waals surface area contributed by atoms with Gasteiger partial charge in [0.2, 0.25) is 0 Å². The highest BCUT2D eigenvalue weighted by atomic mass is 16.5. The fraction of sp³-hybridized carbons (Fsp3) is 1.00. The molecule has 0 spiro atoms. The molecule has 0 bridgehead atoms. The number of hydrogen-bond donors (Lipinski definition) is 2. The first-order valence-corrected chi connectivity index (χ1v) is 6.43. The maximum atomic E-state index is 5.52. The molecule has 1 fully saturated rings. The Morgan fingerprint density at radius 1 is 1.25 bits per heavy atom. The Hall–Kier alpha value is -0.160. The van der Waals surface area contributed by atoms with Crippen LogP contribution in [-0.4, -0.2) is 64.9 Å². The van der Waals surface area contributed by atoms with E-state index in [1.807, 2.05) is 0 Å². The van der Waals surface area contributed by atoms with Crippen molar-refractivity contribution in [3.8, 4) is 0 Å². The van der Waals surface area contributed by atoms with Gasteiger partial charge in [-0.15, -0.1) is 0 Å². The molecule has 96 valence electrons. The van der Waals surface area contributed by atoms with Gasteiger partial charge < -0.3 is 20.3 Å². The molecule has 0 aromatic rings. The second-order valence-electron chi connectivity index (χ2n) is 4.81. The van der Waals surface area contributed by atoms with Crippen LogP contribution in [0.5, 0.6) is 0 Å². The third kappa shape index (κ3) is 7.17. The average Bonchev–Trinajstić information content (AvgIpc) is 2.29. The van der Waals surface area contributed by atoms with Crippen molar-refractivity contribution in [1.82, 2.24) is 15.5 Å². The van der Waals surface area contributed by atoms with Crippen molar-refractivity contribution in [2.24, 2.45) is 5.92 Å². The first kappa shape index (κ1) is 13.9. The van der Waals surface area contributed by atoms with Gasteiger partial charge in [-0.05, 0) is 52.5 Å². The Bertz CT molecular complexity index is 158. The summed E-state index contributed by atoms with van der Waals surface area (Å²) in [6.07, 6.45) is 2.63. The molecule has 2 N–H and O–H groups in total. The van der Waals surface area contributed by atoms with E-state index in [2.05, 4.69) is 29.6 Å². The van der Waals surface area contributed by atoms with Crippen molar-refractivity contribution in [3.63, 3.8) is 0 Å². The standard InChI is InChI=1S/C12H27N3O/c1-15(2)8-10-16-9-7-14-11-12-3-5-13-6-4-12/h12-14H,3-11H2,1-2H3. The van der Waals surface area contributed by atoms with Crippen molar-refractivity contribution in [3.05, 3.63) is 0 Å². The summed E-state index contributed by atoms with van der Waals surface area (Å²) in [4.78, 5) is 2.14. The lowest BCUT2D eigenvalue weighted by molar-refractivity contribution is 0.118. The summed E-state index contributed by atoms with van der Waals surface area (Å²) < 4.78 is 5.52. The molecule has 1 rings (SSSR count). The molecule has 0 unspecified atom stereocenters. The lowest BCUT2D eigenvalue weighted by atomic mass is 9.98. The summed E-state index contributed by atoms with van der Waals surface area (Å²) in [5.74, 6) is 0.864. The van der Waals surface area contributed by atoms with Crippen molar-refractivity contribution in [2.45, 2.75) is 12.8 Å². The van der Waals surface area contributed by atoms with Gasteiger partial charge in [0.1, 0.15) is 0 Å². The number of ether oxygens (including phenoxy) is 1. The minimum Gasteiger partial charge on any atom is -0.379 e. The summed E-state index contributed by atoms with van der Waals surface area (Å²) in [6.45, 7) is 7.18. The lowest BCUT2D eigenvalue weighted by Gasteiger charge is -2.22. The summed E-state index contributed by atoms with van der Waals surface area (Å²) in [5.41, 5.74) is 0. The van der Waals surface area contributed by atoms with Crippen LogP contribution in [0.3, 0.4) is 0 Å². The Balaban J connectivity index is 1.80. The summed E-state index contributed by atoms with van der Waals surface area (Å²) in [6, 6.07) is 0. The number of nitrogens with zero attached hydrogens (tertiary/aromatic N) is 1. The highest BCUT2D eigenvalue weighted by Gasteiger charge is 2.11. The summed E-state index contributed by atoms with van der Waals surface area (Å²) in [7, 11) is 4.14. The molecule has 0 aromatic carbocycles. The molecule has 0 radical (unpaired) electrons. The normalized spacial score (nSPS) is 18.2. The maximum Gasteiger partial charge on any atom is 0.0593 e. The minimum atomic E-state index is 0.832. The van der Waals surface area contributed by atoms with Gasteiger partial charge in [-0.3, -0.25) is 0 Å². The predicted molar refractivity (Wildman–Crippen MR) is 67.8 cm³/mol. The van der Waals surface area contributed by atoms with E-state index in [-0.39, 0.29) is 0 Å². The molecule has 4 heteroatoms. The molecule has 16 heavy (non-hydrogen) atoms. The molecule has 0 aromatic heterocycles. The van der Waals surface area contributed by atoms with Crippen molar-refractivity contribution in [2.75, 3.05) is 60.0 Å². The van der Waals surface area contributed by atoms with Gasteiger partial charge in [-0.2, -0.15) is 0 Å². The predicted octanol–water partition coefficient (Wildman–Crippen LogP) is 0.154. The van der Waals surface area contributed by atoms with Crippen molar-refractivity contribution < 1.29 is 4.74 Å². The Kier molecular flexibility index (Phi) is 7.76. The van der Waals surface area contributed by atoms with Gasteiger partial charge >= 0.3 is 0 Å². The van der Waals surface area contributed by atoms with Crippen LogP contribution in [-0.2, 0) is 4.74 Å². The highest BCUT2D eigenvalue weighted by Crippen LogP contribution is 2.09. The smallest absolute Gasteiger partial charge is 0.0593 e. The number of hydrogen-bond acceptors (Lipinski definition) is 4. The quantitative estimate of drug-likeness (QED) is 0.581. The SMILES string of the molecule is CN(C)CCOCCNCC1CCNCC1. The Morgan fingerprint density at radius 2 is 2.00 bits per heavy atom. The third-order valence-corrected chi connectivity index (χ3v) is 3.00. The van der Waals surface area contributed by atoms with Gasteiger partial charge in [-0.1, -0.05) is 0 Å². The fourth-order valence-electron chi connectivity index (χ4n) is 1.89. The van der Waals surface area contributed by atoms with Crippen LogP contribution in [0.1, 0.15) is 12.8 Å².